The summed E-state index contributed by atoms with van der Waals surface area (Å²) >= 11 is 0. The van der Waals surface area contributed by atoms with Crippen molar-refractivity contribution in [3.8, 4) is 0 Å². The van der Waals surface area contributed by atoms with Crippen LogP contribution in [0.5, 0.6) is 0 Å². The van der Waals surface area contributed by atoms with Gasteiger partial charge in [0.1, 0.15) is 0 Å². The first-order valence-corrected chi connectivity index (χ1v) is 12.8. The molecule has 0 N–H and O–H groups in total. The molecule has 192 valence electrons. The maximum absolute atomic E-state index is 11.7. The number of amides is 2. The number of hydrogen-bond donors (Lipinski definition) is 0. The third kappa shape index (κ3) is 13.3. The summed E-state index contributed by atoms with van der Waals surface area (Å²) in [4.78, 5) is 24.7. The third-order valence-corrected chi connectivity index (χ3v) is 6.07. The summed E-state index contributed by atoms with van der Waals surface area (Å²) in [5.74, 6) is -0.374. The van der Waals surface area contributed by atoms with Crippen LogP contribution in [-0.2, 0) is 23.8 Å². The molecule has 0 atom stereocenters. The lowest BCUT2D eigenvalue weighted by atomic mass is 9.74. The Morgan fingerprint density at radius 2 is 1.21 bits per heavy atom. The van der Waals surface area contributed by atoms with Gasteiger partial charge in [0.25, 0.3) is 11.8 Å². The number of ether oxygens (including phenoxy) is 3. The van der Waals surface area contributed by atoms with Crippen molar-refractivity contribution in [2.45, 2.75) is 118 Å². The van der Waals surface area contributed by atoms with E-state index in [0.29, 0.717) is 6.54 Å². The van der Waals surface area contributed by atoms with Gasteiger partial charge in [-0.2, -0.15) is 0 Å². The summed E-state index contributed by atoms with van der Waals surface area (Å²) in [5.41, 5.74) is -0.0201. The van der Waals surface area contributed by atoms with Crippen molar-refractivity contribution in [2.24, 2.45) is 5.41 Å². The Kier molecular flexibility index (Phi) is 13.5. The molecule has 0 saturated heterocycles. The monoisotopic (exact) mass is 467 g/mol. The second kappa shape index (κ2) is 14.9. The lowest BCUT2D eigenvalue weighted by molar-refractivity contribution is -0.136. The van der Waals surface area contributed by atoms with E-state index in [1.54, 1.807) is 0 Å². The van der Waals surface area contributed by atoms with Crippen LogP contribution in [0, 0.1) is 5.41 Å². The molecule has 1 aliphatic rings. The Morgan fingerprint density at radius 3 is 1.70 bits per heavy atom. The van der Waals surface area contributed by atoms with Gasteiger partial charge in [0.15, 0.2) is 0 Å². The molecule has 0 bridgehead atoms. The largest absolute Gasteiger partial charge is 0.379 e. The van der Waals surface area contributed by atoms with Gasteiger partial charge >= 0.3 is 0 Å². The van der Waals surface area contributed by atoms with Crippen molar-refractivity contribution in [3.05, 3.63) is 12.2 Å². The maximum Gasteiger partial charge on any atom is 0.253 e. The Bertz CT molecular complexity index is 574. The van der Waals surface area contributed by atoms with E-state index in [1.165, 1.54) is 17.1 Å². The summed E-state index contributed by atoms with van der Waals surface area (Å²) in [6.07, 6.45) is 11.3. The van der Waals surface area contributed by atoms with Gasteiger partial charge in [0, 0.05) is 38.5 Å². The molecule has 33 heavy (non-hydrogen) atoms. The summed E-state index contributed by atoms with van der Waals surface area (Å²) in [7, 11) is 0. The van der Waals surface area contributed by atoms with E-state index in [1.807, 2.05) is 0 Å². The van der Waals surface area contributed by atoms with Crippen molar-refractivity contribution in [1.29, 1.82) is 0 Å². The minimum atomic E-state index is -0.187. The van der Waals surface area contributed by atoms with Crippen LogP contribution in [-0.4, -0.2) is 60.9 Å². The van der Waals surface area contributed by atoms with E-state index in [0.717, 1.165) is 71.2 Å². The first kappa shape index (κ1) is 29.8. The number of hydrogen-bond acceptors (Lipinski definition) is 5. The highest BCUT2D eigenvalue weighted by Gasteiger charge is 2.30. The van der Waals surface area contributed by atoms with Gasteiger partial charge in [-0.1, -0.05) is 19.3 Å². The topological polar surface area (TPSA) is 65.1 Å². The molecule has 0 aromatic heterocycles. The van der Waals surface area contributed by atoms with Crippen LogP contribution in [0.25, 0.3) is 0 Å². The fraction of sp³-hybridized carbons (Fsp3) is 0.852. The minimum absolute atomic E-state index is 0.125. The average molecular weight is 468 g/mol. The zero-order valence-corrected chi connectivity index (χ0v) is 22.3. The summed E-state index contributed by atoms with van der Waals surface area (Å²) in [6.45, 7) is 17.4. The Balaban J connectivity index is 2.62. The molecule has 1 heterocycles. The summed E-state index contributed by atoms with van der Waals surface area (Å²) in [6, 6.07) is 0. The quantitative estimate of drug-likeness (QED) is 0.192. The normalized spacial score (nSPS) is 15.0. The number of rotatable bonds is 18. The molecule has 0 spiro atoms. The fourth-order valence-corrected chi connectivity index (χ4v) is 4.12. The molecule has 0 aromatic carbocycles. The molecular formula is C27H49NO5. The Hall–Kier alpha value is -1.24. The zero-order valence-electron chi connectivity index (χ0n) is 22.3. The molecule has 0 unspecified atom stereocenters. The SMILES string of the molecule is CC(C)OCCC(CCCCCCN1C(=O)C=CC1=O)(CCOC(C)C)CCOC(C)(C)C. The van der Waals surface area contributed by atoms with Crippen molar-refractivity contribution < 1.29 is 23.8 Å². The van der Waals surface area contributed by atoms with Crippen LogP contribution < -0.4 is 0 Å². The van der Waals surface area contributed by atoms with Gasteiger partial charge in [-0.3, -0.25) is 14.5 Å². The van der Waals surface area contributed by atoms with Crippen molar-refractivity contribution in [2.75, 3.05) is 26.4 Å². The van der Waals surface area contributed by atoms with Crippen molar-refractivity contribution >= 4 is 11.8 Å². The highest BCUT2D eigenvalue weighted by Crippen LogP contribution is 2.38. The molecule has 0 radical (unpaired) electrons. The Labute approximate surface area is 202 Å². The highest BCUT2D eigenvalue weighted by atomic mass is 16.5. The molecule has 6 heteroatoms. The van der Waals surface area contributed by atoms with Gasteiger partial charge in [-0.15, -0.1) is 0 Å². The average Bonchev–Trinajstić information content (AvgIpc) is 3.00. The van der Waals surface area contributed by atoms with E-state index in [9.17, 15) is 9.59 Å². The van der Waals surface area contributed by atoms with Crippen LogP contribution in [0.1, 0.15) is 99.8 Å². The van der Waals surface area contributed by atoms with E-state index < -0.39 is 0 Å². The van der Waals surface area contributed by atoms with E-state index in [2.05, 4.69) is 48.5 Å². The minimum Gasteiger partial charge on any atom is -0.379 e. The predicted molar refractivity (Wildman–Crippen MR) is 133 cm³/mol. The lowest BCUT2D eigenvalue weighted by Crippen LogP contribution is -2.31. The number of nitrogens with zero attached hydrogens (tertiary/aromatic N) is 1. The molecule has 1 aliphatic heterocycles. The van der Waals surface area contributed by atoms with Crippen LogP contribution in [0.15, 0.2) is 12.2 Å². The molecule has 0 aromatic rings. The van der Waals surface area contributed by atoms with Gasteiger partial charge in [0.2, 0.25) is 0 Å². The van der Waals surface area contributed by atoms with Crippen molar-refractivity contribution in [3.63, 3.8) is 0 Å². The Morgan fingerprint density at radius 1 is 0.727 bits per heavy atom. The molecule has 2 amide bonds. The van der Waals surface area contributed by atoms with Gasteiger partial charge in [-0.05, 0) is 86.0 Å². The van der Waals surface area contributed by atoms with Crippen LogP contribution in [0.3, 0.4) is 0 Å². The standard InChI is InChI=1S/C27H49NO5/c1-22(2)31-19-15-27(16-20-32-23(3)4,17-21-33-26(5,6)7)14-10-8-9-11-18-28-24(29)12-13-25(28)30/h12-13,22-23H,8-11,14-21H2,1-7H3. The first-order valence-electron chi connectivity index (χ1n) is 12.8. The van der Waals surface area contributed by atoms with E-state index in [4.69, 9.17) is 14.2 Å². The molecular weight excluding hydrogens is 418 g/mol. The highest BCUT2D eigenvalue weighted by molar-refractivity contribution is 6.12. The summed E-state index contributed by atoms with van der Waals surface area (Å²) < 4.78 is 18.0. The van der Waals surface area contributed by atoms with Gasteiger partial charge in [-0.25, -0.2) is 0 Å². The number of imide groups is 1. The molecule has 0 saturated carbocycles. The van der Waals surface area contributed by atoms with Crippen molar-refractivity contribution in [1.82, 2.24) is 4.90 Å². The maximum atomic E-state index is 11.7. The molecule has 1 rings (SSSR count). The first-order chi connectivity index (χ1) is 15.4. The number of carbonyl (C=O) groups excluding carboxylic acids is 2. The fourth-order valence-electron chi connectivity index (χ4n) is 4.12. The second-order valence-electron chi connectivity index (χ2n) is 10.9. The zero-order chi connectivity index (χ0) is 24.9. The molecule has 6 nitrogen and oxygen atoms in total. The molecule has 0 aliphatic carbocycles. The molecule has 0 fully saturated rings. The van der Waals surface area contributed by atoms with E-state index >= 15 is 0 Å². The smallest absolute Gasteiger partial charge is 0.253 e. The summed E-state index contributed by atoms with van der Waals surface area (Å²) in [5, 5.41) is 0. The van der Waals surface area contributed by atoms with Gasteiger partial charge in [0.05, 0.1) is 17.8 Å². The second-order valence-corrected chi connectivity index (χ2v) is 10.9. The number of unbranched alkanes of at least 4 members (excludes halogenated alkanes) is 3. The number of carbonyl (C=O) groups is 2. The lowest BCUT2D eigenvalue weighted by Gasteiger charge is -2.36. The van der Waals surface area contributed by atoms with Crippen LogP contribution in [0.2, 0.25) is 0 Å². The predicted octanol–water partition coefficient (Wildman–Crippen LogP) is 5.68. The van der Waals surface area contributed by atoms with Crippen LogP contribution in [0.4, 0.5) is 0 Å². The third-order valence-electron chi connectivity index (χ3n) is 6.07. The van der Waals surface area contributed by atoms with E-state index in [-0.39, 0.29) is 35.0 Å². The van der Waals surface area contributed by atoms with Gasteiger partial charge < -0.3 is 14.2 Å². The van der Waals surface area contributed by atoms with Crippen LogP contribution >= 0.6 is 0 Å².